The van der Waals surface area contributed by atoms with Crippen LogP contribution in [0, 0.1) is 6.92 Å². The topological polar surface area (TPSA) is 72.7 Å². The van der Waals surface area contributed by atoms with E-state index < -0.39 is 0 Å². The fourth-order valence-electron chi connectivity index (χ4n) is 3.39. The third kappa shape index (κ3) is 3.73. The smallest absolute Gasteiger partial charge is 0.256 e. The molecule has 3 aromatic heterocycles. The molecule has 8 heteroatoms. The zero-order valence-electron chi connectivity index (χ0n) is 17.6. The van der Waals surface area contributed by atoms with Crippen LogP contribution in [0.15, 0.2) is 48.0 Å². The molecule has 0 atom stereocenters. The van der Waals surface area contributed by atoms with Gasteiger partial charge in [0.05, 0.1) is 31.6 Å². The lowest BCUT2D eigenvalue weighted by molar-refractivity contribution is 0.102. The predicted octanol–water partition coefficient (Wildman–Crippen LogP) is 5.95. The molecule has 0 saturated carbocycles. The third-order valence-corrected chi connectivity index (χ3v) is 6.88. The first-order valence-electron chi connectivity index (χ1n) is 9.91. The number of benzene rings is 2. The molecule has 3 heterocycles. The number of rotatable bonds is 3. The first-order chi connectivity index (χ1) is 14.8. The van der Waals surface area contributed by atoms with Gasteiger partial charge in [-0.15, -0.1) is 11.3 Å². The number of fused-ring (bicyclic) bond motifs is 2. The van der Waals surface area contributed by atoms with Crippen LogP contribution in [0.25, 0.3) is 25.6 Å². The average molecular weight is 448 g/mol. The number of amides is 1. The van der Waals surface area contributed by atoms with Crippen LogP contribution in [-0.4, -0.2) is 25.7 Å². The second-order valence-electron chi connectivity index (χ2n) is 8.50. The molecule has 1 amide bonds. The number of hydrogen-bond acceptors (Lipinski definition) is 6. The number of carbonyl (C=O) groups is 1. The van der Waals surface area contributed by atoms with Gasteiger partial charge in [0, 0.05) is 11.6 Å². The van der Waals surface area contributed by atoms with Crippen molar-refractivity contribution in [1.29, 1.82) is 0 Å². The van der Waals surface area contributed by atoms with Crippen LogP contribution in [0.4, 0.5) is 5.82 Å². The van der Waals surface area contributed by atoms with Crippen molar-refractivity contribution < 1.29 is 4.79 Å². The van der Waals surface area contributed by atoms with E-state index in [1.807, 2.05) is 25.1 Å². The number of aromatic nitrogens is 4. The lowest BCUT2D eigenvalue weighted by atomic mass is 9.87. The summed E-state index contributed by atoms with van der Waals surface area (Å²) in [6, 6.07) is 13.7. The Hall–Kier alpha value is -3.10. The first-order valence-corrected chi connectivity index (χ1v) is 11.6. The molecule has 0 saturated heterocycles. The van der Waals surface area contributed by atoms with Gasteiger partial charge in [-0.05, 0) is 48.2 Å². The van der Waals surface area contributed by atoms with Crippen LogP contribution in [0.1, 0.15) is 42.4 Å². The summed E-state index contributed by atoms with van der Waals surface area (Å²) >= 11 is 3.08. The third-order valence-electron chi connectivity index (χ3n) is 5.09. The zero-order valence-corrected chi connectivity index (χ0v) is 19.3. The van der Waals surface area contributed by atoms with Crippen molar-refractivity contribution in [3.63, 3.8) is 0 Å². The van der Waals surface area contributed by atoms with E-state index in [2.05, 4.69) is 54.4 Å². The minimum atomic E-state index is -0.187. The van der Waals surface area contributed by atoms with Crippen LogP contribution in [0.3, 0.4) is 0 Å². The number of anilines is 1. The zero-order chi connectivity index (χ0) is 21.8. The van der Waals surface area contributed by atoms with Crippen molar-refractivity contribution in [3.05, 3.63) is 64.8 Å². The van der Waals surface area contributed by atoms with Crippen molar-refractivity contribution in [1.82, 2.24) is 19.7 Å². The van der Waals surface area contributed by atoms with Gasteiger partial charge in [0.2, 0.25) is 5.13 Å². The van der Waals surface area contributed by atoms with Crippen molar-refractivity contribution in [2.24, 2.45) is 0 Å². The molecular weight excluding hydrogens is 426 g/mol. The second kappa shape index (κ2) is 7.25. The molecule has 0 bridgehead atoms. The summed E-state index contributed by atoms with van der Waals surface area (Å²) in [6.07, 6.45) is 0. The van der Waals surface area contributed by atoms with Crippen molar-refractivity contribution in [3.8, 4) is 5.13 Å². The molecule has 0 fully saturated rings. The summed E-state index contributed by atoms with van der Waals surface area (Å²) in [7, 11) is 0. The Balaban J connectivity index is 1.49. The Labute approximate surface area is 187 Å². The standard InChI is InChI=1S/C23H21N5OS2/c1-13-9-20(26-21(29)14-5-7-16-18(10-14)30-12-24-16)28(27-13)22-25-17-8-6-15(23(2,3)4)11-19(17)31-22/h5-12H,1-4H3,(H,26,29). The van der Waals surface area contributed by atoms with Crippen LogP contribution in [0.2, 0.25) is 0 Å². The van der Waals surface area contributed by atoms with Gasteiger partial charge in [0.25, 0.3) is 5.91 Å². The predicted molar refractivity (Wildman–Crippen MR) is 128 cm³/mol. The molecular formula is C23H21N5OS2. The maximum Gasteiger partial charge on any atom is 0.256 e. The summed E-state index contributed by atoms with van der Waals surface area (Å²) in [4.78, 5) is 21.9. The Bertz CT molecular complexity index is 1440. The van der Waals surface area contributed by atoms with Gasteiger partial charge in [0.15, 0.2) is 0 Å². The van der Waals surface area contributed by atoms with Gasteiger partial charge < -0.3 is 5.32 Å². The molecule has 5 aromatic rings. The van der Waals surface area contributed by atoms with Crippen LogP contribution >= 0.6 is 22.7 Å². The van der Waals surface area contributed by atoms with Crippen molar-refractivity contribution in [2.45, 2.75) is 33.1 Å². The van der Waals surface area contributed by atoms with E-state index >= 15 is 0 Å². The summed E-state index contributed by atoms with van der Waals surface area (Å²) in [5.74, 6) is 0.412. The number of nitrogens with zero attached hydrogens (tertiary/aromatic N) is 4. The minimum absolute atomic E-state index is 0.0684. The van der Waals surface area contributed by atoms with Crippen molar-refractivity contribution >= 4 is 54.8 Å². The number of carbonyl (C=O) groups excluding carboxylic acids is 1. The fraction of sp³-hybridized carbons (Fsp3) is 0.217. The van der Waals surface area contributed by atoms with Crippen LogP contribution < -0.4 is 5.32 Å². The lowest BCUT2D eigenvalue weighted by Crippen LogP contribution is -2.15. The Morgan fingerprint density at radius 1 is 1.03 bits per heavy atom. The second-order valence-corrected chi connectivity index (χ2v) is 10.4. The number of thiazole rings is 2. The Kier molecular flexibility index (Phi) is 4.64. The van der Waals surface area contributed by atoms with E-state index in [-0.39, 0.29) is 11.3 Å². The molecule has 156 valence electrons. The van der Waals surface area contributed by atoms with Gasteiger partial charge in [0.1, 0.15) is 5.82 Å². The first kappa shape index (κ1) is 19.8. The highest BCUT2D eigenvalue weighted by Gasteiger charge is 2.18. The summed E-state index contributed by atoms with van der Waals surface area (Å²) in [5, 5.41) is 8.30. The summed E-state index contributed by atoms with van der Waals surface area (Å²) in [5.41, 5.74) is 6.32. The maximum absolute atomic E-state index is 12.9. The van der Waals surface area contributed by atoms with E-state index in [1.165, 1.54) is 16.9 Å². The van der Waals surface area contributed by atoms with Crippen LogP contribution in [-0.2, 0) is 5.41 Å². The molecule has 0 spiro atoms. The molecule has 0 radical (unpaired) electrons. The molecule has 0 aliphatic heterocycles. The van der Waals surface area contributed by atoms with Gasteiger partial charge in [-0.25, -0.2) is 9.97 Å². The van der Waals surface area contributed by atoms with Gasteiger partial charge in [-0.1, -0.05) is 38.2 Å². The fourth-order valence-corrected chi connectivity index (χ4v) is 5.08. The molecule has 5 rings (SSSR count). The van der Waals surface area contributed by atoms with Crippen LogP contribution in [0.5, 0.6) is 0 Å². The monoisotopic (exact) mass is 447 g/mol. The van der Waals surface area contributed by atoms with E-state index in [0.29, 0.717) is 11.4 Å². The maximum atomic E-state index is 12.9. The normalized spacial score (nSPS) is 12.0. The molecule has 2 aromatic carbocycles. The summed E-state index contributed by atoms with van der Waals surface area (Å²) in [6.45, 7) is 8.50. The SMILES string of the molecule is Cc1cc(NC(=O)c2ccc3ncsc3c2)n(-c2nc3ccc(C(C)(C)C)cc3s2)n1. The van der Waals surface area contributed by atoms with E-state index in [1.54, 1.807) is 27.6 Å². The molecule has 0 aliphatic carbocycles. The van der Waals surface area contributed by atoms with Gasteiger partial charge in [-0.2, -0.15) is 9.78 Å². The van der Waals surface area contributed by atoms with Gasteiger partial charge >= 0.3 is 0 Å². The Morgan fingerprint density at radius 3 is 2.65 bits per heavy atom. The number of nitrogens with one attached hydrogen (secondary N) is 1. The highest BCUT2D eigenvalue weighted by atomic mass is 32.1. The molecule has 1 N–H and O–H groups in total. The lowest BCUT2D eigenvalue weighted by Gasteiger charge is -2.18. The van der Waals surface area contributed by atoms with Gasteiger partial charge in [-0.3, -0.25) is 4.79 Å². The number of hydrogen-bond donors (Lipinski definition) is 1. The highest BCUT2D eigenvalue weighted by molar-refractivity contribution is 7.20. The van der Waals surface area contributed by atoms with Crippen molar-refractivity contribution in [2.75, 3.05) is 5.32 Å². The minimum Gasteiger partial charge on any atom is -0.306 e. The summed E-state index contributed by atoms with van der Waals surface area (Å²) < 4.78 is 3.79. The average Bonchev–Trinajstić information content (AvgIpc) is 3.43. The largest absolute Gasteiger partial charge is 0.306 e. The molecule has 31 heavy (non-hydrogen) atoms. The number of aryl methyl sites for hydroxylation is 1. The molecule has 6 nitrogen and oxygen atoms in total. The van der Waals surface area contributed by atoms with E-state index in [4.69, 9.17) is 4.98 Å². The van der Waals surface area contributed by atoms with E-state index in [9.17, 15) is 4.79 Å². The molecule has 0 aliphatic rings. The highest BCUT2D eigenvalue weighted by Crippen LogP contribution is 2.32. The Morgan fingerprint density at radius 2 is 1.84 bits per heavy atom. The quantitative estimate of drug-likeness (QED) is 0.371. The molecule has 0 unspecified atom stereocenters. The van der Waals surface area contributed by atoms with E-state index in [0.717, 1.165) is 31.3 Å².